The number of rotatable bonds is 8. The molecule has 12 heteroatoms. The number of carbonyl (C=O) groups excluding carboxylic acids is 2. The van der Waals surface area contributed by atoms with Gasteiger partial charge in [0.15, 0.2) is 5.79 Å². The molecule has 0 aliphatic rings. The minimum absolute atomic E-state index is 0.103. The first-order valence-electron chi connectivity index (χ1n) is 9.65. The number of aliphatic hydroxyl groups is 2. The smallest absolute Gasteiger partial charge is 0.335 e. The van der Waals surface area contributed by atoms with Gasteiger partial charge in [-0.2, -0.15) is 0 Å². The molecule has 34 heavy (non-hydrogen) atoms. The Bertz CT molecular complexity index is 1110. The average molecular weight is 476 g/mol. The molecule has 2 aromatic rings. The molecule has 12 nitrogen and oxygen atoms in total. The number of aromatic carboxylic acids is 4. The van der Waals surface area contributed by atoms with Crippen molar-refractivity contribution in [2.45, 2.75) is 38.9 Å². The van der Waals surface area contributed by atoms with E-state index in [4.69, 9.17) is 10.2 Å². The molecule has 0 atom stereocenters. The maximum atomic E-state index is 11.6. The molecule has 0 bridgehead atoms. The van der Waals surface area contributed by atoms with Crippen LogP contribution in [0.25, 0.3) is 0 Å². The van der Waals surface area contributed by atoms with E-state index < -0.39 is 63.4 Å². The van der Waals surface area contributed by atoms with Gasteiger partial charge in [-0.3, -0.25) is 0 Å². The lowest BCUT2D eigenvalue weighted by atomic mass is 9.97. The van der Waals surface area contributed by atoms with Crippen molar-refractivity contribution in [2.24, 2.45) is 0 Å². The van der Waals surface area contributed by atoms with Crippen LogP contribution < -0.4 is 20.4 Å². The van der Waals surface area contributed by atoms with E-state index in [0.29, 0.717) is 6.42 Å². The number of carbonyl (C=O) groups is 4. The maximum absolute atomic E-state index is 11.6. The second-order valence-electron chi connectivity index (χ2n) is 7.19. The lowest BCUT2D eigenvalue weighted by Gasteiger charge is -2.25. The highest BCUT2D eigenvalue weighted by molar-refractivity contribution is 5.98. The molecule has 0 spiro atoms. The lowest BCUT2D eigenvalue weighted by molar-refractivity contribution is -0.318. The summed E-state index contributed by atoms with van der Waals surface area (Å²) >= 11 is 0. The van der Waals surface area contributed by atoms with Gasteiger partial charge >= 0.3 is 11.9 Å². The van der Waals surface area contributed by atoms with Gasteiger partial charge in [-0.05, 0) is 43.0 Å². The Kier molecular flexibility index (Phi) is 9.11. The fraction of sp³-hybridized carbons (Fsp3) is 0.273. The monoisotopic (exact) mass is 476 g/mol. The molecule has 0 fully saturated rings. The fourth-order valence-corrected chi connectivity index (χ4v) is 2.89. The molecule has 2 aromatic carbocycles. The molecule has 0 amide bonds. The van der Waals surface area contributed by atoms with Crippen molar-refractivity contribution >= 4 is 23.9 Å². The molecule has 0 aromatic heterocycles. The summed E-state index contributed by atoms with van der Waals surface area (Å²) in [5.41, 5.74) is -2.48. The summed E-state index contributed by atoms with van der Waals surface area (Å²) in [6, 6.07) is 3.71. The number of benzene rings is 2. The van der Waals surface area contributed by atoms with Crippen LogP contribution in [0.15, 0.2) is 24.3 Å². The third-order valence-electron chi connectivity index (χ3n) is 4.55. The molecule has 0 saturated carbocycles. The molecular formula is C22H20O12-4. The Labute approximate surface area is 192 Å². The molecular weight excluding hydrogens is 456 g/mol. The number of hydrogen-bond acceptors (Lipinski definition) is 10. The highest BCUT2D eigenvalue weighted by Crippen LogP contribution is 2.32. The molecule has 0 heterocycles. The lowest BCUT2D eigenvalue weighted by Crippen LogP contribution is -2.31. The van der Waals surface area contributed by atoms with E-state index in [-0.39, 0.29) is 17.5 Å². The van der Waals surface area contributed by atoms with E-state index in [0.717, 1.165) is 37.6 Å². The van der Waals surface area contributed by atoms with Crippen LogP contribution in [0.4, 0.5) is 0 Å². The summed E-state index contributed by atoms with van der Waals surface area (Å²) in [6.45, 7) is 2.78. The normalized spacial score (nSPS) is 10.7. The molecule has 0 saturated heterocycles. The number of hydrogen-bond donors (Lipinski definition) is 4. The quantitative estimate of drug-likeness (QED) is 0.307. The number of carboxylic acid groups (broad SMARTS) is 4. The van der Waals surface area contributed by atoms with E-state index in [2.05, 4.69) is 0 Å². The van der Waals surface area contributed by atoms with Crippen LogP contribution in [0.3, 0.4) is 0 Å². The summed E-state index contributed by atoms with van der Waals surface area (Å²) in [5, 5.41) is 80.4. The van der Waals surface area contributed by atoms with Crippen molar-refractivity contribution < 1.29 is 60.0 Å². The van der Waals surface area contributed by atoms with Gasteiger partial charge in [-0.15, -0.1) is 11.5 Å². The van der Waals surface area contributed by atoms with Crippen LogP contribution in [0, 0.1) is 0 Å². The molecule has 0 unspecified atom stereocenters. The van der Waals surface area contributed by atoms with Crippen LogP contribution in [0.2, 0.25) is 0 Å². The molecule has 0 aliphatic heterocycles. The minimum Gasteiger partial charge on any atom is -0.872 e. The number of carboxylic acids is 4. The predicted molar refractivity (Wildman–Crippen MR) is 105 cm³/mol. The van der Waals surface area contributed by atoms with Gasteiger partial charge in [0.25, 0.3) is 0 Å². The Morgan fingerprint density at radius 1 is 0.882 bits per heavy atom. The van der Waals surface area contributed by atoms with Crippen molar-refractivity contribution in [1.82, 2.24) is 0 Å². The highest BCUT2D eigenvalue weighted by Gasteiger charge is 2.23. The minimum atomic E-state index is -2.47. The first-order chi connectivity index (χ1) is 15.6. The van der Waals surface area contributed by atoms with Gasteiger partial charge < -0.3 is 50.4 Å². The SMILES string of the molecule is CC(O)(O)c1cc(C(=O)[O-])ccc1C(=O)[O-].CCCCc1cc(C(=O)O)c([O-])c([O-])c1C(=O)O. The van der Waals surface area contributed by atoms with Crippen molar-refractivity contribution in [3.63, 3.8) is 0 Å². The Hall–Kier alpha value is -4.16. The van der Waals surface area contributed by atoms with Crippen molar-refractivity contribution in [3.05, 3.63) is 57.6 Å². The van der Waals surface area contributed by atoms with E-state index in [1.165, 1.54) is 0 Å². The summed E-state index contributed by atoms with van der Waals surface area (Å²) in [4.78, 5) is 42.9. The first-order valence-corrected chi connectivity index (χ1v) is 9.65. The standard InChI is InChI=1S/C12H14O6.C10H10O6/c1-2-3-4-6-5-7(11(15)16)9(13)10(14)8(6)12(17)18;1-10(15,16)7-4-5(8(11)12)2-3-6(7)9(13)14/h5,13-14H,2-4H2,1H3,(H,15,16)(H,17,18);2-4,15-16H,1H3,(H,11,12)(H,13,14)/p-4. The zero-order valence-electron chi connectivity index (χ0n) is 18.0. The van der Waals surface area contributed by atoms with Gasteiger partial charge in [-0.1, -0.05) is 25.5 Å². The Morgan fingerprint density at radius 3 is 1.88 bits per heavy atom. The van der Waals surface area contributed by atoms with Gasteiger partial charge in [-0.25, -0.2) is 9.59 Å². The largest absolute Gasteiger partial charge is 0.872 e. The van der Waals surface area contributed by atoms with E-state index in [9.17, 15) is 49.8 Å². The highest BCUT2D eigenvalue weighted by atomic mass is 16.5. The average Bonchev–Trinajstić information content (AvgIpc) is 2.73. The van der Waals surface area contributed by atoms with E-state index in [1.807, 2.05) is 6.92 Å². The van der Waals surface area contributed by atoms with E-state index in [1.54, 1.807) is 0 Å². The zero-order valence-corrected chi connectivity index (χ0v) is 18.0. The first kappa shape index (κ1) is 27.9. The number of unbranched alkanes of at least 4 members (excludes halogenated alkanes) is 1. The van der Waals surface area contributed by atoms with Crippen LogP contribution in [0.5, 0.6) is 11.5 Å². The predicted octanol–water partition coefficient (Wildman–Crippen LogP) is -1.86. The van der Waals surface area contributed by atoms with Crippen LogP contribution in [0.1, 0.15) is 79.2 Å². The molecule has 4 N–H and O–H groups in total. The Morgan fingerprint density at radius 2 is 1.47 bits per heavy atom. The second kappa shape index (κ2) is 11.1. The topological polar surface area (TPSA) is 241 Å². The molecule has 0 aliphatic carbocycles. The maximum Gasteiger partial charge on any atom is 0.335 e. The summed E-state index contributed by atoms with van der Waals surface area (Å²) in [6.07, 6.45) is 1.62. The van der Waals surface area contributed by atoms with Gasteiger partial charge in [0.1, 0.15) is 0 Å². The van der Waals surface area contributed by atoms with Crippen molar-refractivity contribution in [1.29, 1.82) is 0 Å². The molecule has 2 rings (SSSR count). The van der Waals surface area contributed by atoms with Crippen LogP contribution >= 0.6 is 0 Å². The van der Waals surface area contributed by atoms with Gasteiger partial charge in [0.2, 0.25) is 0 Å². The third-order valence-corrected chi connectivity index (χ3v) is 4.55. The second-order valence-corrected chi connectivity index (χ2v) is 7.19. The van der Waals surface area contributed by atoms with Crippen LogP contribution in [-0.2, 0) is 12.2 Å². The van der Waals surface area contributed by atoms with Crippen molar-refractivity contribution in [3.8, 4) is 11.5 Å². The molecule has 0 radical (unpaired) electrons. The summed E-state index contributed by atoms with van der Waals surface area (Å²) in [7, 11) is 0. The summed E-state index contributed by atoms with van der Waals surface area (Å²) < 4.78 is 0. The molecule has 184 valence electrons. The van der Waals surface area contributed by atoms with Gasteiger partial charge in [0.05, 0.1) is 23.1 Å². The number of aryl methyl sites for hydroxylation is 1. The van der Waals surface area contributed by atoms with Crippen LogP contribution in [-0.4, -0.2) is 44.3 Å². The van der Waals surface area contributed by atoms with Gasteiger partial charge in [0, 0.05) is 11.1 Å². The Balaban J connectivity index is 0.000000342. The fourth-order valence-electron chi connectivity index (χ4n) is 2.89. The zero-order chi connectivity index (χ0) is 26.4. The third kappa shape index (κ3) is 6.67. The van der Waals surface area contributed by atoms with Crippen molar-refractivity contribution in [2.75, 3.05) is 0 Å². The van der Waals surface area contributed by atoms with E-state index >= 15 is 0 Å². The summed E-state index contributed by atoms with van der Waals surface area (Å²) in [5.74, 6) is -11.2.